The van der Waals surface area contributed by atoms with Crippen LogP contribution in [0.25, 0.3) is 10.9 Å². The van der Waals surface area contributed by atoms with Gasteiger partial charge in [-0.15, -0.1) is 0 Å². The maximum atomic E-state index is 13.1. The summed E-state index contributed by atoms with van der Waals surface area (Å²) in [6.07, 6.45) is 2.26. The SMILES string of the molecule is CCn1cc([C@@H]2CC(=O)N(c3ccccc3C)C2=O)c2ccccc21. The second-order valence-electron chi connectivity index (χ2n) is 6.50. The normalized spacial score (nSPS) is 17.7. The third-order valence-corrected chi connectivity index (χ3v) is 5.04. The van der Waals surface area contributed by atoms with E-state index in [1.807, 2.05) is 55.6 Å². The summed E-state index contributed by atoms with van der Waals surface area (Å²) in [5.74, 6) is -0.666. The van der Waals surface area contributed by atoms with Gasteiger partial charge in [0.2, 0.25) is 11.8 Å². The fraction of sp³-hybridized carbons (Fsp3) is 0.238. The summed E-state index contributed by atoms with van der Waals surface area (Å²) in [7, 11) is 0. The average Bonchev–Trinajstić information content (AvgIpc) is 3.13. The molecule has 4 heteroatoms. The first-order chi connectivity index (χ1) is 12.1. The van der Waals surface area contributed by atoms with Crippen LogP contribution in [0, 0.1) is 6.92 Å². The van der Waals surface area contributed by atoms with Crippen molar-refractivity contribution in [3.63, 3.8) is 0 Å². The van der Waals surface area contributed by atoms with Gasteiger partial charge in [-0.25, -0.2) is 4.90 Å². The Morgan fingerprint density at radius 2 is 1.76 bits per heavy atom. The van der Waals surface area contributed by atoms with E-state index in [0.717, 1.165) is 28.6 Å². The molecule has 4 nitrogen and oxygen atoms in total. The molecule has 1 atom stereocenters. The van der Waals surface area contributed by atoms with E-state index in [1.165, 1.54) is 4.90 Å². The number of amides is 2. The highest BCUT2D eigenvalue weighted by molar-refractivity contribution is 6.23. The van der Waals surface area contributed by atoms with Gasteiger partial charge in [-0.05, 0) is 37.1 Å². The predicted molar refractivity (Wildman–Crippen MR) is 98.6 cm³/mol. The highest BCUT2D eigenvalue weighted by atomic mass is 16.2. The minimum Gasteiger partial charge on any atom is -0.347 e. The summed E-state index contributed by atoms with van der Waals surface area (Å²) in [5, 5.41) is 1.06. The van der Waals surface area contributed by atoms with Gasteiger partial charge in [0.25, 0.3) is 0 Å². The molecular weight excluding hydrogens is 312 g/mol. The number of fused-ring (bicyclic) bond motifs is 1. The van der Waals surface area contributed by atoms with E-state index in [4.69, 9.17) is 0 Å². The number of benzene rings is 2. The molecule has 0 spiro atoms. The fourth-order valence-electron chi connectivity index (χ4n) is 3.76. The van der Waals surface area contributed by atoms with Crippen LogP contribution in [0.15, 0.2) is 54.7 Å². The molecule has 126 valence electrons. The molecule has 25 heavy (non-hydrogen) atoms. The molecule has 1 aromatic heterocycles. The van der Waals surface area contributed by atoms with Gasteiger partial charge < -0.3 is 4.57 Å². The summed E-state index contributed by atoms with van der Waals surface area (Å²) >= 11 is 0. The summed E-state index contributed by atoms with van der Waals surface area (Å²) in [6, 6.07) is 15.6. The smallest absolute Gasteiger partial charge is 0.241 e. The number of para-hydroxylation sites is 2. The largest absolute Gasteiger partial charge is 0.347 e. The molecule has 0 bridgehead atoms. The first kappa shape index (κ1) is 15.6. The molecule has 1 saturated heterocycles. The maximum Gasteiger partial charge on any atom is 0.241 e. The molecule has 0 aliphatic carbocycles. The van der Waals surface area contributed by atoms with Gasteiger partial charge in [0.1, 0.15) is 0 Å². The van der Waals surface area contributed by atoms with E-state index in [1.54, 1.807) is 0 Å². The van der Waals surface area contributed by atoms with Gasteiger partial charge in [0, 0.05) is 30.1 Å². The molecule has 4 rings (SSSR count). The second kappa shape index (κ2) is 5.88. The average molecular weight is 332 g/mol. The topological polar surface area (TPSA) is 42.3 Å². The van der Waals surface area contributed by atoms with Gasteiger partial charge in [0.05, 0.1) is 11.6 Å². The number of carbonyl (C=O) groups is 2. The Morgan fingerprint density at radius 3 is 2.52 bits per heavy atom. The van der Waals surface area contributed by atoms with Crippen molar-refractivity contribution >= 4 is 28.4 Å². The van der Waals surface area contributed by atoms with Gasteiger partial charge >= 0.3 is 0 Å². The summed E-state index contributed by atoms with van der Waals surface area (Å²) < 4.78 is 2.14. The van der Waals surface area contributed by atoms with Crippen LogP contribution < -0.4 is 4.90 Å². The number of hydrogen-bond acceptors (Lipinski definition) is 2. The molecule has 2 heterocycles. The molecule has 3 aromatic rings. The van der Waals surface area contributed by atoms with E-state index in [0.29, 0.717) is 5.69 Å². The summed E-state index contributed by atoms with van der Waals surface area (Å²) in [6.45, 7) is 4.83. The van der Waals surface area contributed by atoms with E-state index in [-0.39, 0.29) is 18.2 Å². The number of carbonyl (C=O) groups excluding carboxylic acids is 2. The van der Waals surface area contributed by atoms with Gasteiger partial charge in [-0.1, -0.05) is 36.4 Å². The molecule has 1 aliphatic heterocycles. The highest BCUT2D eigenvalue weighted by Gasteiger charge is 2.41. The lowest BCUT2D eigenvalue weighted by Gasteiger charge is -2.17. The monoisotopic (exact) mass is 332 g/mol. The van der Waals surface area contributed by atoms with Crippen LogP contribution in [-0.4, -0.2) is 16.4 Å². The Labute approximate surface area is 146 Å². The lowest BCUT2D eigenvalue weighted by molar-refractivity contribution is -0.121. The van der Waals surface area contributed by atoms with Crippen LogP contribution in [0.1, 0.15) is 30.4 Å². The molecule has 1 fully saturated rings. The molecule has 1 aliphatic rings. The minimum atomic E-state index is -0.412. The van der Waals surface area contributed by atoms with Crippen molar-refractivity contribution in [2.24, 2.45) is 0 Å². The number of imide groups is 1. The standard InChI is InChI=1S/C21H20N2O2/c1-3-22-13-17(15-9-5-7-11-19(15)22)16-12-20(24)23(21(16)25)18-10-6-4-8-14(18)2/h4-11,13,16H,3,12H2,1-2H3/t16-/m0/s1. The van der Waals surface area contributed by atoms with Crippen LogP contribution in [0.2, 0.25) is 0 Å². The quantitative estimate of drug-likeness (QED) is 0.680. The fourth-order valence-corrected chi connectivity index (χ4v) is 3.76. The van der Waals surface area contributed by atoms with Crippen molar-refractivity contribution in [2.45, 2.75) is 32.7 Å². The van der Waals surface area contributed by atoms with Crippen LogP contribution in [0.4, 0.5) is 5.69 Å². The summed E-state index contributed by atoms with van der Waals surface area (Å²) in [5.41, 5.74) is 3.68. The number of anilines is 1. The summed E-state index contributed by atoms with van der Waals surface area (Å²) in [4.78, 5) is 27.1. The third-order valence-electron chi connectivity index (χ3n) is 5.04. The third kappa shape index (κ3) is 2.37. The van der Waals surface area contributed by atoms with E-state index >= 15 is 0 Å². The van der Waals surface area contributed by atoms with Crippen LogP contribution in [0.5, 0.6) is 0 Å². The van der Waals surface area contributed by atoms with Crippen molar-refractivity contribution in [3.8, 4) is 0 Å². The zero-order valence-electron chi connectivity index (χ0n) is 14.4. The minimum absolute atomic E-state index is 0.127. The first-order valence-corrected chi connectivity index (χ1v) is 8.62. The number of aryl methyl sites for hydroxylation is 2. The van der Waals surface area contributed by atoms with Gasteiger partial charge in [-0.3, -0.25) is 9.59 Å². The number of aromatic nitrogens is 1. The van der Waals surface area contributed by atoms with Crippen molar-refractivity contribution in [1.29, 1.82) is 0 Å². The molecule has 0 radical (unpaired) electrons. The Kier molecular flexibility index (Phi) is 3.68. The Morgan fingerprint density at radius 1 is 1.04 bits per heavy atom. The zero-order valence-corrected chi connectivity index (χ0v) is 14.4. The van der Waals surface area contributed by atoms with Crippen molar-refractivity contribution in [1.82, 2.24) is 4.57 Å². The Hall–Kier alpha value is -2.88. The first-order valence-electron chi connectivity index (χ1n) is 8.62. The molecule has 0 saturated carbocycles. The molecule has 0 N–H and O–H groups in total. The van der Waals surface area contributed by atoms with Crippen LogP contribution >= 0.6 is 0 Å². The molecule has 0 unspecified atom stereocenters. The highest BCUT2D eigenvalue weighted by Crippen LogP contribution is 2.38. The molecule has 2 amide bonds. The second-order valence-corrected chi connectivity index (χ2v) is 6.50. The van der Waals surface area contributed by atoms with Gasteiger partial charge in [0.15, 0.2) is 0 Å². The van der Waals surface area contributed by atoms with Crippen LogP contribution in [0.3, 0.4) is 0 Å². The number of rotatable bonds is 3. The Bertz CT molecular complexity index is 986. The number of hydrogen-bond donors (Lipinski definition) is 0. The molecule has 2 aromatic carbocycles. The predicted octanol–water partition coefficient (Wildman–Crippen LogP) is 4.02. The van der Waals surface area contributed by atoms with E-state index in [9.17, 15) is 9.59 Å². The van der Waals surface area contributed by atoms with E-state index < -0.39 is 5.92 Å². The van der Waals surface area contributed by atoms with Crippen LogP contribution in [-0.2, 0) is 16.1 Å². The lowest BCUT2D eigenvalue weighted by Crippen LogP contribution is -2.30. The van der Waals surface area contributed by atoms with Crippen molar-refractivity contribution in [2.75, 3.05) is 4.90 Å². The lowest BCUT2D eigenvalue weighted by atomic mass is 9.97. The van der Waals surface area contributed by atoms with Gasteiger partial charge in [-0.2, -0.15) is 0 Å². The molecular formula is C21H20N2O2. The van der Waals surface area contributed by atoms with Crippen molar-refractivity contribution < 1.29 is 9.59 Å². The Balaban J connectivity index is 1.80. The zero-order chi connectivity index (χ0) is 17.6. The van der Waals surface area contributed by atoms with E-state index in [2.05, 4.69) is 17.6 Å². The maximum absolute atomic E-state index is 13.1. The number of nitrogens with zero attached hydrogens (tertiary/aromatic N) is 2. The van der Waals surface area contributed by atoms with Crippen molar-refractivity contribution in [3.05, 3.63) is 65.9 Å².